The van der Waals surface area contributed by atoms with Crippen molar-refractivity contribution in [3.05, 3.63) is 0 Å². The van der Waals surface area contributed by atoms with Crippen LogP contribution in [0, 0.1) is 11.3 Å². The summed E-state index contributed by atoms with van der Waals surface area (Å²) in [6.45, 7) is 2.79. The SMILES string of the molecule is CC1COC(=O)C12CCCC2. The molecule has 2 heteroatoms. The van der Waals surface area contributed by atoms with Gasteiger partial charge in [-0.15, -0.1) is 0 Å². The van der Waals surface area contributed by atoms with Gasteiger partial charge in [-0.1, -0.05) is 19.8 Å². The minimum Gasteiger partial charge on any atom is -0.465 e. The van der Waals surface area contributed by atoms with Gasteiger partial charge in [0.2, 0.25) is 0 Å². The minimum atomic E-state index is -0.0556. The summed E-state index contributed by atoms with van der Waals surface area (Å²) in [5, 5.41) is 0. The monoisotopic (exact) mass is 154 g/mol. The minimum absolute atomic E-state index is 0.0556. The third-order valence-corrected chi connectivity index (χ3v) is 3.31. The van der Waals surface area contributed by atoms with E-state index in [1.54, 1.807) is 0 Å². The Kier molecular flexibility index (Phi) is 1.44. The van der Waals surface area contributed by atoms with Crippen LogP contribution in [0.3, 0.4) is 0 Å². The highest BCUT2D eigenvalue weighted by atomic mass is 16.5. The Bertz CT molecular complexity index is 180. The van der Waals surface area contributed by atoms with Crippen LogP contribution in [0.1, 0.15) is 32.6 Å². The third kappa shape index (κ3) is 0.815. The van der Waals surface area contributed by atoms with Gasteiger partial charge in [0.15, 0.2) is 0 Å². The second kappa shape index (κ2) is 2.23. The van der Waals surface area contributed by atoms with Crippen LogP contribution in [-0.4, -0.2) is 12.6 Å². The summed E-state index contributed by atoms with van der Waals surface area (Å²) < 4.78 is 5.06. The summed E-state index contributed by atoms with van der Waals surface area (Å²) >= 11 is 0. The first-order valence-corrected chi connectivity index (χ1v) is 4.43. The van der Waals surface area contributed by atoms with Gasteiger partial charge in [-0.05, 0) is 12.8 Å². The molecule has 11 heavy (non-hydrogen) atoms. The van der Waals surface area contributed by atoms with Crippen molar-refractivity contribution < 1.29 is 9.53 Å². The number of carbonyl (C=O) groups excluding carboxylic acids is 1. The first-order chi connectivity index (χ1) is 5.26. The summed E-state index contributed by atoms with van der Waals surface area (Å²) in [7, 11) is 0. The van der Waals surface area contributed by atoms with Crippen LogP contribution in [0.2, 0.25) is 0 Å². The van der Waals surface area contributed by atoms with Crippen molar-refractivity contribution in [2.75, 3.05) is 6.61 Å². The first kappa shape index (κ1) is 7.14. The summed E-state index contributed by atoms with van der Waals surface area (Å²) in [6.07, 6.45) is 4.54. The Balaban J connectivity index is 2.26. The fraction of sp³-hybridized carbons (Fsp3) is 0.889. The van der Waals surface area contributed by atoms with Crippen LogP contribution in [-0.2, 0) is 9.53 Å². The molecule has 0 amide bonds. The summed E-state index contributed by atoms with van der Waals surface area (Å²) in [5.74, 6) is 0.528. The Morgan fingerprint density at radius 1 is 1.45 bits per heavy atom. The van der Waals surface area contributed by atoms with Crippen molar-refractivity contribution >= 4 is 5.97 Å². The van der Waals surface area contributed by atoms with Crippen molar-refractivity contribution in [2.24, 2.45) is 11.3 Å². The molecule has 62 valence electrons. The van der Waals surface area contributed by atoms with E-state index in [1.165, 1.54) is 12.8 Å². The van der Waals surface area contributed by atoms with Gasteiger partial charge in [-0.3, -0.25) is 4.79 Å². The molecule has 0 aromatic heterocycles. The second-order valence-corrected chi connectivity index (χ2v) is 3.86. The molecule has 1 saturated carbocycles. The molecule has 0 bridgehead atoms. The van der Waals surface area contributed by atoms with E-state index in [2.05, 4.69) is 6.92 Å². The second-order valence-electron chi connectivity index (χ2n) is 3.86. The number of esters is 1. The van der Waals surface area contributed by atoms with Gasteiger partial charge in [0.1, 0.15) is 0 Å². The van der Waals surface area contributed by atoms with Gasteiger partial charge in [0, 0.05) is 5.92 Å². The van der Waals surface area contributed by atoms with Crippen molar-refractivity contribution in [3.63, 3.8) is 0 Å². The summed E-state index contributed by atoms with van der Waals surface area (Å²) in [6, 6.07) is 0. The maximum Gasteiger partial charge on any atom is 0.312 e. The zero-order valence-corrected chi connectivity index (χ0v) is 6.93. The lowest BCUT2D eigenvalue weighted by atomic mass is 9.77. The maximum absolute atomic E-state index is 11.4. The zero-order valence-electron chi connectivity index (χ0n) is 6.93. The highest BCUT2D eigenvalue weighted by Gasteiger charge is 2.51. The van der Waals surface area contributed by atoms with Crippen LogP contribution >= 0.6 is 0 Å². The lowest BCUT2D eigenvalue weighted by Gasteiger charge is -2.21. The Morgan fingerprint density at radius 2 is 2.09 bits per heavy atom. The molecule has 1 atom stereocenters. The fourth-order valence-corrected chi connectivity index (χ4v) is 2.41. The number of ether oxygens (including phenoxy) is 1. The summed E-state index contributed by atoms with van der Waals surface area (Å²) in [5.41, 5.74) is -0.0556. The van der Waals surface area contributed by atoms with E-state index in [4.69, 9.17) is 4.74 Å². The highest BCUT2D eigenvalue weighted by molar-refractivity contribution is 5.79. The fourth-order valence-electron chi connectivity index (χ4n) is 2.41. The van der Waals surface area contributed by atoms with Crippen molar-refractivity contribution in [1.82, 2.24) is 0 Å². The Hall–Kier alpha value is -0.530. The molecule has 2 rings (SSSR count). The van der Waals surface area contributed by atoms with Gasteiger partial charge in [-0.25, -0.2) is 0 Å². The largest absolute Gasteiger partial charge is 0.465 e. The Labute approximate surface area is 66.9 Å². The van der Waals surface area contributed by atoms with E-state index in [0.717, 1.165) is 12.8 Å². The molecule has 1 aliphatic carbocycles. The van der Waals surface area contributed by atoms with Crippen LogP contribution < -0.4 is 0 Å². The van der Waals surface area contributed by atoms with E-state index in [0.29, 0.717) is 12.5 Å². The number of hydrogen-bond acceptors (Lipinski definition) is 2. The van der Waals surface area contributed by atoms with Crippen LogP contribution in [0.15, 0.2) is 0 Å². The van der Waals surface area contributed by atoms with Gasteiger partial charge < -0.3 is 4.74 Å². The average Bonchev–Trinajstić information content (AvgIpc) is 2.56. The topological polar surface area (TPSA) is 26.3 Å². The normalized spacial score (nSPS) is 34.6. The van der Waals surface area contributed by atoms with E-state index in [-0.39, 0.29) is 11.4 Å². The molecule has 2 fully saturated rings. The van der Waals surface area contributed by atoms with Crippen molar-refractivity contribution in [2.45, 2.75) is 32.6 Å². The molecule has 1 spiro atoms. The van der Waals surface area contributed by atoms with Crippen molar-refractivity contribution in [3.8, 4) is 0 Å². The Morgan fingerprint density at radius 3 is 2.55 bits per heavy atom. The van der Waals surface area contributed by atoms with Gasteiger partial charge in [0.25, 0.3) is 0 Å². The van der Waals surface area contributed by atoms with E-state index >= 15 is 0 Å². The highest BCUT2D eigenvalue weighted by Crippen LogP contribution is 2.48. The number of cyclic esters (lactones) is 1. The first-order valence-electron chi connectivity index (χ1n) is 4.43. The third-order valence-electron chi connectivity index (χ3n) is 3.31. The smallest absolute Gasteiger partial charge is 0.312 e. The summed E-state index contributed by atoms with van der Waals surface area (Å²) in [4.78, 5) is 11.4. The standard InChI is InChI=1S/C9H14O2/c1-7-6-11-8(10)9(7)4-2-3-5-9/h7H,2-6H2,1H3. The molecule has 2 nitrogen and oxygen atoms in total. The maximum atomic E-state index is 11.4. The molecule has 2 aliphatic rings. The van der Waals surface area contributed by atoms with Gasteiger partial charge in [-0.2, -0.15) is 0 Å². The van der Waals surface area contributed by atoms with Crippen LogP contribution in [0.5, 0.6) is 0 Å². The predicted octanol–water partition coefficient (Wildman–Crippen LogP) is 1.74. The molecule has 1 heterocycles. The number of rotatable bonds is 0. The van der Waals surface area contributed by atoms with E-state index in [1.807, 2.05) is 0 Å². The van der Waals surface area contributed by atoms with Crippen LogP contribution in [0.4, 0.5) is 0 Å². The molecule has 1 saturated heterocycles. The molecule has 1 unspecified atom stereocenters. The zero-order chi connectivity index (χ0) is 7.90. The van der Waals surface area contributed by atoms with E-state index < -0.39 is 0 Å². The molecule has 0 aromatic carbocycles. The van der Waals surface area contributed by atoms with Crippen molar-refractivity contribution in [1.29, 1.82) is 0 Å². The van der Waals surface area contributed by atoms with E-state index in [9.17, 15) is 4.79 Å². The number of hydrogen-bond donors (Lipinski definition) is 0. The quantitative estimate of drug-likeness (QED) is 0.497. The average molecular weight is 154 g/mol. The van der Waals surface area contributed by atoms with Crippen LogP contribution in [0.25, 0.3) is 0 Å². The predicted molar refractivity (Wildman–Crippen MR) is 41.0 cm³/mol. The molecular weight excluding hydrogens is 140 g/mol. The molecule has 0 radical (unpaired) electrons. The lowest BCUT2D eigenvalue weighted by molar-refractivity contribution is -0.146. The van der Waals surface area contributed by atoms with Gasteiger partial charge >= 0.3 is 5.97 Å². The van der Waals surface area contributed by atoms with Gasteiger partial charge in [0.05, 0.1) is 12.0 Å². The number of carbonyl (C=O) groups is 1. The molecule has 1 aliphatic heterocycles. The molecule has 0 aromatic rings. The lowest BCUT2D eigenvalue weighted by Crippen LogP contribution is -2.28. The molecule has 0 N–H and O–H groups in total. The molecular formula is C9H14O2.